The topological polar surface area (TPSA) is 92.5 Å². The van der Waals surface area contributed by atoms with Gasteiger partial charge < -0.3 is 23.9 Å². The Morgan fingerprint density at radius 1 is 0.919 bits per heavy atom. The van der Waals surface area contributed by atoms with Gasteiger partial charge in [-0.3, -0.25) is 14.5 Å². The molecule has 8 nitrogen and oxygen atoms in total. The van der Waals surface area contributed by atoms with Crippen LogP contribution >= 0.6 is 0 Å². The number of ketones is 1. The number of carbonyl (C=O) groups excluding carboxylic acids is 2. The van der Waals surface area contributed by atoms with Gasteiger partial charge in [-0.2, -0.15) is 0 Å². The van der Waals surface area contributed by atoms with Crippen LogP contribution in [0.15, 0.2) is 76.9 Å². The minimum absolute atomic E-state index is 0.0309. The van der Waals surface area contributed by atoms with E-state index in [4.69, 9.17) is 13.9 Å². The summed E-state index contributed by atoms with van der Waals surface area (Å²) in [6.45, 7) is 3.30. The Labute approximate surface area is 214 Å². The van der Waals surface area contributed by atoms with Crippen molar-refractivity contribution < 1.29 is 28.6 Å². The van der Waals surface area contributed by atoms with Gasteiger partial charge in [0.2, 0.25) is 0 Å². The number of ether oxygens (including phenoxy) is 2. The molecular weight excluding hydrogens is 472 g/mol. The predicted octanol–water partition coefficient (Wildman–Crippen LogP) is 4.14. The van der Waals surface area contributed by atoms with Crippen LogP contribution in [0, 0.1) is 0 Å². The molecule has 0 bridgehead atoms. The van der Waals surface area contributed by atoms with Crippen LogP contribution in [-0.2, 0) is 16.1 Å². The molecule has 3 aromatic rings. The second-order valence-electron chi connectivity index (χ2n) is 9.57. The summed E-state index contributed by atoms with van der Waals surface area (Å²) < 4.78 is 16.9. The first kappa shape index (κ1) is 23.4. The average molecular weight is 501 g/mol. The number of amides is 1. The number of aliphatic hydroxyl groups is 1. The third kappa shape index (κ3) is 4.38. The van der Waals surface area contributed by atoms with Crippen LogP contribution in [0.5, 0.6) is 11.5 Å². The molecule has 8 heteroatoms. The van der Waals surface area contributed by atoms with Gasteiger partial charge in [-0.25, -0.2) is 0 Å². The lowest BCUT2D eigenvalue weighted by atomic mass is 9.97. The first-order chi connectivity index (χ1) is 18.1. The SMILES string of the molecule is O=C1C(=O)N(C2CCN(Cc3ccccc3)CC2)C(c2ccco2)/C1=C(/O)c1ccc2c(c1)OCCO2. The molecule has 3 aliphatic rings. The number of piperidine rings is 1. The van der Waals surface area contributed by atoms with E-state index in [-0.39, 0.29) is 17.4 Å². The highest BCUT2D eigenvalue weighted by Crippen LogP contribution is 2.43. The highest BCUT2D eigenvalue weighted by molar-refractivity contribution is 6.46. The molecule has 3 aliphatic heterocycles. The molecule has 0 spiro atoms. The van der Waals surface area contributed by atoms with Crippen LogP contribution in [0.1, 0.15) is 35.8 Å². The lowest BCUT2D eigenvalue weighted by molar-refractivity contribution is -0.142. The van der Waals surface area contributed by atoms with Crippen LogP contribution in [0.4, 0.5) is 0 Å². The van der Waals surface area contributed by atoms with Crippen LogP contribution < -0.4 is 9.47 Å². The lowest BCUT2D eigenvalue weighted by Crippen LogP contribution is -2.46. The molecule has 2 fully saturated rings. The van der Waals surface area contributed by atoms with Gasteiger partial charge in [0.1, 0.15) is 30.8 Å². The Kier molecular flexibility index (Phi) is 6.18. The van der Waals surface area contributed by atoms with Crippen molar-refractivity contribution in [2.24, 2.45) is 0 Å². The molecule has 0 saturated carbocycles. The standard InChI is InChI=1S/C29H28N2O6/c32-27(20-8-9-22-24(17-20)37-16-15-36-22)25-26(23-7-4-14-35-23)31(29(34)28(25)33)21-10-12-30(13-11-21)18-19-5-2-1-3-6-19/h1-9,14,17,21,26,32H,10-13,15-16,18H2/b27-25-. The number of rotatable bonds is 5. The average Bonchev–Trinajstić information content (AvgIpc) is 3.56. The number of benzene rings is 2. The highest BCUT2D eigenvalue weighted by Gasteiger charge is 2.50. The van der Waals surface area contributed by atoms with Crippen molar-refractivity contribution in [1.29, 1.82) is 0 Å². The number of Topliss-reactive ketones (excluding diaryl/α,β-unsaturated/α-hetero) is 1. The number of likely N-dealkylation sites (tertiary alicyclic amines) is 2. The number of furan rings is 1. The summed E-state index contributed by atoms with van der Waals surface area (Å²) in [5.41, 5.74) is 1.66. The quantitative estimate of drug-likeness (QED) is 0.320. The van der Waals surface area contributed by atoms with E-state index in [1.807, 2.05) is 18.2 Å². The van der Waals surface area contributed by atoms with Crippen molar-refractivity contribution in [2.45, 2.75) is 31.5 Å². The molecule has 6 rings (SSSR count). The zero-order chi connectivity index (χ0) is 25.4. The molecule has 0 radical (unpaired) electrons. The van der Waals surface area contributed by atoms with Crippen LogP contribution in [-0.4, -0.2) is 58.9 Å². The van der Waals surface area contributed by atoms with E-state index in [1.54, 1.807) is 35.2 Å². The zero-order valence-electron chi connectivity index (χ0n) is 20.3. The molecular formula is C29H28N2O6. The molecule has 190 valence electrons. The Morgan fingerprint density at radius 3 is 2.41 bits per heavy atom. The number of fused-ring (bicyclic) bond motifs is 1. The lowest BCUT2D eigenvalue weighted by Gasteiger charge is -2.38. The van der Waals surface area contributed by atoms with E-state index in [0.29, 0.717) is 36.0 Å². The van der Waals surface area contributed by atoms with Crippen molar-refractivity contribution in [1.82, 2.24) is 9.80 Å². The summed E-state index contributed by atoms with van der Waals surface area (Å²) in [5.74, 6) is -0.0498. The molecule has 37 heavy (non-hydrogen) atoms. The smallest absolute Gasteiger partial charge is 0.296 e. The fourth-order valence-electron chi connectivity index (χ4n) is 5.50. The summed E-state index contributed by atoms with van der Waals surface area (Å²) >= 11 is 0. The number of nitrogens with zero attached hydrogens (tertiary/aromatic N) is 2. The molecule has 2 saturated heterocycles. The maximum atomic E-state index is 13.4. The molecule has 1 atom stereocenters. The maximum Gasteiger partial charge on any atom is 0.296 e. The van der Waals surface area contributed by atoms with Gasteiger partial charge in [0.25, 0.3) is 11.7 Å². The van der Waals surface area contributed by atoms with Crippen molar-refractivity contribution in [3.63, 3.8) is 0 Å². The van der Waals surface area contributed by atoms with Crippen LogP contribution in [0.3, 0.4) is 0 Å². The van der Waals surface area contributed by atoms with Gasteiger partial charge in [-0.05, 0) is 48.7 Å². The molecule has 1 amide bonds. The Balaban J connectivity index is 1.30. The second-order valence-corrected chi connectivity index (χ2v) is 9.57. The Morgan fingerprint density at radius 2 is 1.68 bits per heavy atom. The maximum absolute atomic E-state index is 13.4. The van der Waals surface area contributed by atoms with Gasteiger partial charge in [-0.1, -0.05) is 30.3 Å². The summed E-state index contributed by atoms with van der Waals surface area (Å²) in [4.78, 5) is 30.7. The first-order valence-electron chi connectivity index (χ1n) is 12.6. The molecule has 1 unspecified atom stereocenters. The third-order valence-electron chi connectivity index (χ3n) is 7.31. The number of hydrogen-bond acceptors (Lipinski definition) is 7. The number of aliphatic hydroxyl groups excluding tert-OH is 1. The normalized spacial score (nSPS) is 21.9. The van der Waals surface area contributed by atoms with E-state index in [2.05, 4.69) is 17.0 Å². The Bertz CT molecular complexity index is 1330. The summed E-state index contributed by atoms with van der Waals surface area (Å²) in [7, 11) is 0. The first-order valence-corrected chi connectivity index (χ1v) is 12.6. The van der Waals surface area contributed by atoms with Crippen LogP contribution in [0.2, 0.25) is 0 Å². The van der Waals surface area contributed by atoms with Gasteiger partial charge in [-0.15, -0.1) is 0 Å². The zero-order valence-corrected chi connectivity index (χ0v) is 20.3. The number of hydrogen-bond donors (Lipinski definition) is 1. The number of carbonyl (C=O) groups is 2. The molecule has 2 aromatic carbocycles. The minimum Gasteiger partial charge on any atom is -0.507 e. The summed E-state index contributed by atoms with van der Waals surface area (Å²) in [6, 6.07) is 17.8. The van der Waals surface area contributed by atoms with E-state index in [9.17, 15) is 14.7 Å². The van der Waals surface area contributed by atoms with Crippen molar-refractivity contribution in [2.75, 3.05) is 26.3 Å². The van der Waals surface area contributed by atoms with E-state index in [1.165, 1.54) is 11.8 Å². The third-order valence-corrected chi connectivity index (χ3v) is 7.31. The minimum atomic E-state index is -0.797. The predicted molar refractivity (Wildman–Crippen MR) is 135 cm³/mol. The second kappa shape index (κ2) is 9.78. The van der Waals surface area contributed by atoms with Gasteiger partial charge in [0, 0.05) is 31.2 Å². The summed E-state index contributed by atoms with van der Waals surface area (Å²) in [5, 5.41) is 11.3. The fourth-order valence-corrected chi connectivity index (χ4v) is 5.50. The fraction of sp³-hybridized carbons (Fsp3) is 0.310. The van der Waals surface area contributed by atoms with Gasteiger partial charge in [0.15, 0.2) is 11.5 Å². The van der Waals surface area contributed by atoms with Crippen molar-refractivity contribution in [3.8, 4) is 11.5 Å². The monoisotopic (exact) mass is 500 g/mol. The van der Waals surface area contributed by atoms with E-state index >= 15 is 0 Å². The molecule has 4 heterocycles. The van der Waals surface area contributed by atoms with Gasteiger partial charge in [0.05, 0.1) is 11.8 Å². The Hall–Kier alpha value is -4.04. The van der Waals surface area contributed by atoms with E-state index < -0.39 is 17.7 Å². The van der Waals surface area contributed by atoms with E-state index in [0.717, 1.165) is 32.5 Å². The molecule has 1 N–H and O–H groups in total. The largest absolute Gasteiger partial charge is 0.507 e. The summed E-state index contributed by atoms with van der Waals surface area (Å²) in [6.07, 6.45) is 2.96. The highest BCUT2D eigenvalue weighted by atomic mass is 16.6. The van der Waals surface area contributed by atoms with Crippen molar-refractivity contribution in [3.05, 3.63) is 89.4 Å². The van der Waals surface area contributed by atoms with Crippen molar-refractivity contribution >= 4 is 17.4 Å². The molecule has 0 aliphatic carbocycles. The van der Waals surface area contributed by atoms with Gasteiger partial charge >= 0.3 is 0 Å². The van der Waals surface area contributed by atoms with Crippen LogP contribution in [0.25, 0.3) is 5.76 Å². The molecule has 1 aromatic heterocycles.